The lowest BCUT2D eigenvalue weighted by Crippen LogP contribution is -2.36. The smallest absolute Gasteiger partial charge is 0.287 e. The summed E-state index contributed by atoms with van der Waals surface area (Å²) >= 11 is 0. The third-order valence-corrected chi connectivity index (χ3v) is 3.33. The van der Waals surface area contributed by atoms with Crippen molar-refractivity contribution in [2.24, 2.45) is 5.92 Å². The van der Waals surface area contributed by atoms with Gasteiger partial charge in [0.25, 0.3) is 5.91 Å². The Morgan fingerprint density at radius 1 is 1.15 bits per heavy atom. The Morgan fingerprint density at radius 2 is 1.75 bits per heavy atom. The third kappa shape index (κ3) is 4.78. The summed E-state index contributed by atoms with van der Waals surface area (Å²) in [6.07, 6.45) is -0.109. The highest BCUT2D eigenvalue weighted by molar-refractivity contribution is 6.36. The molecule has 1 aromatic carbocycles. The molecule has 0 aromatic heterocycles. The van der Waals surface area contributed by atoms with Crippen molar-refractivity contribution in [3.8, 4) is 0 Å². The number of hydrogen-bond donors (Lipinski definition) is 1. The molecule has 20 heavy (non-hydrogen) atoms. The molecule has 0 aliphatic heterocycles. The van der Waals surface area contributed by atoms with E-state index >= 15 is 0 Å². The van der Waals surface area contributed by atoms with Gasteiger partial charge in [0.05, 0.1) is 12.1 Å². The molecule has 1 amide bonds. The normalized spacial score (nSPS) is 13.8. The zero-order valence-corrected chi connectivity index (χ0v) is 12.6. The summed E-state index contributed by atoms with van der Waals surface area (Å²) in [5, 5.41) is 2.72. The number of ketones is 1. The largest absolute Gasteiger partial charge is 0.381 e. The summed E-state index contributed by atoms with van der Waals surface area (Å²) in [5.74, 6) is -0.791. The molecule has 0 saturated heterocycles. The number of carbonyl (C=O) groups is 2. The second-order valence-electron chi connectivity index (χ2n) is 5.25. The number of nitrogens with one attached hydrogen (secondary N) is 1. The highest BCUT2D eigenvalue weighted by Gasteiger charge is 2.23. The topological polar surface area (TPSA) is 55.4 Å². The van der Waals surface area contributed by atoms with Crippen LogP contribution >= 0.6 is 0 Å². The summed E-state index contributed by atoms with van der Waals surface area (Å²) in [4.78, 5) is 23.8. The van der Waals surface area contributed by atoms with Crippen molar-refractivity contribution in [3.05, 3.63) is 35.9 Å². The molecule has 0 heterocycles. The highest BCUT2D eigenvalue weighted by atomic mass is 16.5. The first-order valence-corrected chi connectivity index (χ1v) is 6.87. The summed E-state index contributed by atoms with van der Waals surface area (Å²) in [5.41, 5.74) is 0.973. The van der Waals surface area contributed by atoms with Gasteiger partial charge in [0.15, 0.2) is 0 Å². The van der Waals surface area contributed by atoms with Gasteiger partial charge in [-0.1, -0.05) is 44.2 Å². The van der Waals surface area contributed by atoms with E-state index in [1.165, 1.54) is 0 Å². The van der Waals surface area contributed by atoms with E-state index in [-0.39, 0.29) is 24.5 Å². The number of hydrogen-bond acceptors (Lipinski definition) is 3. The average Bonchev–Trinajstić information content (AvgIpc) is 2.44. The molecule has 0 spiro atoms. The van der Waals surface area contributed by atoms with Gasteiger partial charge < -0.3 is 10.1 Å². The van der Waals surface area contributed by atoms with Crippen LogP contribution in [0.25, 0.3) is 0 Å². The average molecular weight is 277 g/mol. The molecule has 1 rings (SSSR count). The molecule has 1 N–H and O–H groups in total. The fraction of sp³-hybridized carbons (Fsp3) is 0.500. The monoisotopic (exact) mass is 277 g/mol. The van der Waals surface area contributed by atoms with Crippen molar-refractivity contribution >= 4 is 11.7 Å². The Balaban J connectivity index is 2.56. The number of carbonyl (C=O) groups excluding carboxylic acids is 2. The Morgan fingerprint density at radius 3 is 2.25 bits per heavy atom. The van der Waals surface area contributed by atoms with Crippen LogP contribution in [0.3, 0.4) is 0 Å². The molecule has 1 aromatic rings. The quantitative estimate of drug-likeness (QED) is 0.779. The van der Waals surface area contributed by atoms with E-state index in [9.17, 15) is 9.59 Å². The van der Waals surface area contributed by atoms with Gasteiger partial charge in [0, 0.05) is 13.5 Å². The van der Waals surface area contributed by atoms with Crippen LogP contribution in [0.2, 0.25) is 0 Å². The molecule has 4 nitrogen and oxygen atoms in total. The number of Topliss-reactive ketones (excluding diaryl/α,β-unsaturated/α-hetero) is 1. The summed E-state index contributed by atoms with van der Waals surface area (Å²) in [7, 11) is 1.56. The van der Waals surface area contributed by atoms with Crippen LogP contribution in [0.1, 0.15) is 38.8 Å². The number of ether oxygens (including phenoxy) is 1. The summed E-state index contributed by atoms with van der Waals surface area (Å²) < 4.78 is 5.22. The molecule has 0 radical (unpaired) electrons. The van der Waals surface area contributed by atoms with Gasteiger partial charge in [-0.05, 0) is 18.4 Å². The number of benzene rings is 1. The van der Waals surface area contributed by atoms with Crippen molar-refractivity contribution in [1.82, 2.24) is 5.32 Å². The molecule has 0 saturated carbocycles. The van der Waals surface area contributed by atoms with Crippen LogP contribution in [-0.2, 0) is 14.3 Å². The molecular weight excluding hydrogens is 254 g/mol. The van der Waals surface area contributed by atoms with Gasteiger partial charge in [-0.15, -0.1) is 0 Å². The predicted octanol–water partition coefficient (Wildman–Crippen LogP) is 2.49. The van der Waals surface area contributed by atoms with Gasteiger partial charge in [-0.2, -0.15) is 0 Å². The van der Waals surface area contributed by atoms with E-state index in [2.05, 4.69) is 5.32 Å². The van der Waals surface area contributed by atoms with E-state index in [1.807, 2.05) is 51.1 Å². The Labute approximate surface area is 120 Å². The molecule has 1 unspecified atom stereocenters. The van der Waals surface area contributed by atoms with Gasteiger partial charge in [-0.25, -0.2) is 0 Å². The molecule has 0 aliphatic rings. The first-order valence-electron chi connectivity index (χ1n) is 6.87. The number of amides is 1. The van der Waals surface area contributed by atoms with E-state index in [0.717, 1.165) is 5.56 Å². The summed E-state index contributed by atoms with van der Waals surface area (Å²) in [6.45, 7) is 5.79. The van der Waals surface area contributed by atoms with E-state index in [1.54, 1.807) is 7.11 Å². The third-order valence-electron chi connectivity index (χ3n) is 3.33. The molecular formula is C16H23NO3. The van der Waals surface area contributed by atoms with E-state index < -0.39 is 11.7 Å². The Hall–Kier alpha value is -1.68. The van der Waals surface area contributed by atoms with Crippen LogP contribution in [0, 0.1) is 5.92 Å². The minimum absolute atomic E-state index is 0.113. The van der Waals surface area contributed by atoms with Crippen LogP contribution in [0.5, 0.6) is 0 Å². The number of methoxy groups -OCH3 is 1. The Bertz CT molecular complexity index is 442. The predicted molar refractivity (Wildman–Crippen MR) is 78.3 cm³/mol. The lowest BCUT2D eigenvalue weighted by Gasteiger charge is -2.19. The fourth-order valence-corrected chi connectivity index (χ4v) is 1.97. The number of rotatable bonds is 7. The van der Waals surface area contributed by atoms with Gasteiger partial charge in [0.2, 0.25) is 5.78 Å². The first kappa shape index (κ1) is 16.4. The van der Waals surface area contributed by atoms with Crippen LogP contribution < -0.4 is 5.32 Å². The van der Waals surface area contributed by atoms with Crippen molar-refractivity contribution in [2.45, 2.75) is 39.3 Å². The van der Waals surface area contributed by atoms with Gasteiger partial charge in [-0.3, -0.25) is 9.59 Å². The van der Waals surface area contributed by atoms with Crippen LogP contribution in [0.15, 0.2) is 30.3 Å². The zero-order valence-electron chi connectivity index (χ0n) is 12.6. The standard InChI is InChI=1S/C16H23NO3/c1-11(2)15(20-4)10-14(18)16(19)17-12(3)13-8-6-5-7-9-13/h5-9,11-12,15H,10H2,1-4H3,(H,17,19)/t12-,15?/m0/s1. The second-order valence-corrected chi connectivity index (χ2v) is 5.25. The van der Waals surface area contributed by atoms with E-state index in [0.29, 0.717) is 0 Å². The van der Waals surface area contributed by atoms with Crippen molar-refractivity contribution in [3.63, 3.8) is 0 Å². The van der Waals surface area contributed by atoms with Gasteiger partial charge in [0.1, 0.15) is 0 Å². The molecule has 0 fully saturated rings. The minimum Gasteiger partial charge on any atom is -0.381 e. The fourth-order valence-electron chi connectivity index (χ4n) is 1.97. The highest BCUT2D eigenvalue weighted by Crippen LogP contribution is 2.13. The molecule has 0 aliphatic carbocycles. The lowest BCUT2D eigenvalue weighted by molar-refractivity contribution is -0.140. The minimum atomic E-state index is -0.552. The molecule has 110 valence electrons. The molecule has 2 atom stereocenters. The van der Waals surface area contributed by atoms with Crippen molar-refractivity contribution in [2.75, 3.05) is 7.11 Å². The first-order chi connectivity index (χ1) is 9.45. The maximum Gasteiger partial charge on any atom is 0.287 e. The van der Waals surface area contributed by atoms with Crippen LogP contribution in [-0.4, -0.2) is 24.9 Å². The molecule has 4 heteroatoms. The second kappa shape index (κ2) is 7.80. The van der Waals surface area contributed by atoms with E-state index in [4.69, 9.17) is 4.74 Å². The zero-order chi connectivity index (χ0) is 15.1. The lowest BCUT2D eigenvalue weighted by atomic mass is 10.0. The maximum atomic E-state index is 11.9. The van der Waals surface area contributed by atoms with Crippen LogP contribution in [0.4, 0.5) is 0 Å². The van der Waals surface area contributed by atoms with Crippen molar-refractivity contribution in [1.29, 1.82) is 0 Å². The summed E-state index contributed by atoms with van der Waals surface area (Å²) in [6, 6.07) is 9.37. The maximum absolute atomic E-state index is 11.9. The SMILES string of the molecule is COC(CC(=O)C(=O)N[C@@H](C)c1ccccc1)C(C)C. The van der Waals surface area contributed by atoms with Gasteiger partial charge >= 0.3 is 0 Å². The van der Waals surface area contributed by atoms with Crippen molar-refractivity contribution < 1.29 is 14.3 Å². The Kier molecular flexibility index (Phi) is 6.39. The molecule has 0 bridgehead atoms.